The van der Waals surface area contributed by atoms with Gasteiger partial charge in [0.1, 0.15) is 5.56 Å². The highest BCUT2D eigenvalue weighted by Gasteiger charge is 2.28. The lowest BCUT2D eigenvalue weighted by molar-refractivity contribution is -0.158. The standard InChI is InChI=1S/C16H15Cl3O6/c17-9-7-10(18)13(25-16(23)14(20)21)11(12(9)19)15(22)24-6-5-8-3-1-2-4-8/h7-8H,1-6H2,(H,20,21). The largest absolute Gasteiger partial charge is 0.473 e. The summed E-state index contributed by atoms with van der Waals surface area (Å²) < 4.78 is 9.84. The molecule has 1 N–H and O–H groups in total. The molecule has 1 fully saturated rings. The van der Waals surface area contributed by atoms with E-state index < -0.39 is 23.7 Å². The molecule has 1 saturated carbocycles. The van der Waals surface area contributed by atoms with E-state index in [9.17, 15) is 14.4 Å². The Balaban J connectivity index is 2.19. The van der Waals surface area contributed by atoms with Gasteiger partial charge in [-0.05, 0) is 18.4 Å². The Morgan fingerprint density at radius 3 is 2.36 bits per heavy atom. The van der Waals surface area contributed by atoms with Crippen molar-refractivity contribution in [2.45, 2.75) is 32.1 Å². The van der Waals surface area contributed by atoms with Crippen molar-refractivity contribution in [2.75, 3.05) is 6.61 Å². The molecule has 0 radical (unpaired) electrons. The van der Waals surface area contributed by atoms with Crippen molar-refractivity contribution in [3.63, 3.8) is 0 Å². The molecule has 0 atom stereocenters. The first-order chi connectivity index (χ1) is 11.8. The zero-order valence-electron chi connectivity index (χ0n) is 13.0. The third-order valence-electron chi connectivity index (χ3n) is 3.93. The number of carboxylic acids is 1. The lowest BCUT2D eigenvalue weighted by Gasteiger charge is -2.14. The van der Waals surface area contributed by atoms with Crippen LogP contribution in [-0.4, -0.2) is 29.6 Å². The Labute approximate surface area is 158 Å². The predicted molar refractivity (Wildman–Crippen MR) is 91.6 cm³/mol. The average molecular weight is 410 g/mol. The summed E-state index contributed by atoms with van der Waals surface area (Å²) in [6.45, 7) is 0.163. The number of rotatable bonds is 5. The molecule has 0 unspecified atom stereocenters. The molecular formula is C16H15Cl3O6. The maximum atomic E-state index is 12.4. The maximum absolute atomic E-state index is 12.4. The molecule has 0 spiro atoms. The van der Waals surface area contributed by atoms with Crippen LogP contribution in [0, 0.1) is 5.92 Å². The smallest absolute Gasteiger partial charge is 0.422 e. The molecule has 1 aliphatic rings. The molecule has 0 heterocycles. The predicted octanol–water partition coefficient (Wildman–Crippen LogP) is 4.37. The van der Waals surface area contributed by atoms with Gasteiger partial charge in [-0.2, -0.15) is 0 Å². The minimum absolute atomic E-state index is 0.0514. The fourth-order valence-corrected chi connectivity index (χ4v) is 3.41. The zero-order valence-corrected chi connectivity index (χ0v) is 15.3. The topological polar surface area (TPSA) is 89.9 Å². The van der Waals surface area contributed by atoms with Crippen LogP contribution in [0.5, 0.6) is 5.75 Å². The van der Waals surface area contributed by atoms with E-state index in [1.165, 1.54) is 12.8 Å². The summed E-state index contributed by atoms with van der Waals surface area (Å²) in [6, 6.07) is 1.14. The number of halogens is 3. The van der Waals surface area contributed by atoms with Gasteiger partial charge in [-0.15, -0.1) is 0 Å². The van der Waals surface area contributed by atoms with Gasteiger partial charge in [0, 0.05) is 0 Å². The molecule has 136 valence electrons. The number of carbonyl (C=O) groups excluding carboxylic acids is 2. The molecule has 0 amide bonds. The molecule has 0 aliphatic heterocycles. The molecule has 0 bridgehead atoms. The highest BCUT2D eigenvalue weighted by molar-refractivity contribution is 6.46. The van der Waals surface area contributed by atoms with Crippen LogP contribution in [0.25, 0.3) is 0 Å². The Hall–Kier alpha value is -1.50. The fourth-order valence-electron chi connectivity index (χ4n) is 2.69. The van der Waals surface area contributed by atoms with Crippen molar-refractivity contribution in [1.82, 2.24) is 0 Å². The first-order valence-corrected chi connectivity index (χ1v) is 8.74. The first-order valence-electron chi connectivity index (χ1n) is 7.61. The summed E-state index contributed by atoms with van der Waals surface area (Å²) in [5.74, 6) is -4.33. The molecule has 9 heteroatoms. The summed E-state index contributed by atoms with van der Waals surface area (Å²) >= 11 is 17.8. The second kappa shape index (κ2) is 8.74. The van der Waals surface area contributed by atoms with Gasteiger partial charge >= 0.3 is 17.9 Å². The third kappa shape index (κ3) is 5.00. The normalized spacial score (nSPS) is 14.4. The third-order valence-corrected chi connectivity index (χ3v) is 5.00. The summed E-state index contributed by atoms with van der Waals surface area (Å²) in [7, 11) is 0. The molecule has 2 rings (SSSR count). The van der Waals surface area contributed by atoms with Gasteiger partial charge in [0.25, 0.3) is 0 Å². The van der Waals surface area contributed by atoms with Crippen LogP contribution in [0.3, 0.4) is 0 Å². The van der Waals surface area contributed by atoms with E-state index in [4.69, 9.17) is 44.6 Å². The van der Waals surface area contributed by atoms with Crippen LogP contribution in [0.15, 0.2) is 6.07 Å². The molecule has 1 aromatic carbocycles. The number of aliphatic carboxylic acids is 1. The van der Waals surface area contributed by atoms with E-state index in [2.05, 4.69) is 4.74 Å². The van der Waals surface area contributed by atoms with Gasteiger partial charge in [-0.25, -0.2) is 14.4 Å². The molecule has 0 aromatic heterocycles. The highest BCUT2D eigenvalue weighted by atomic mass is 35.5. The van der Waals surface area contributed by atoms with Crippen LogP contribution in [0.2, 0.25) is 15.1 Å². The lowest BCUT2D eigenvalue weighted by atomic mass is 10.1. The fraction of sp³-hybridized carbons (Fsp3) is 0.438. The van der Waals surface area contributed by atoms with Gasteiger partial charge in [-0.1, -0.05) is 60.5 Å². The number of hydrogen-bond donors (Lipinski definition) is 1. The quantitative estimate of drug-likeness (QED) is 0.336. The van der Waals surface area contributed by atoms with Crippen LogP contribution in [-0.2, 0) is 14.3 Å². The van der Waals surface area contributed by atoms with E-state index >= 15 is 0 Å². The number of carboxylic acid groups (broad SMARTS) is 1. The molecule has 6 nitrogen and oxygen atoms in total. The Bertz CT molecular complexity index is 698. The molecule has 25 heavy (non-hydrogen) atoms. The Morgan fingerprint density at radius 2 is 1.76 bits per heavy atom. The highest BCUT2D eigenvalue weighted by Crippen LogP contribution is 2.40. The summed E-state index contributed by atoms with van der Waals surface area (Å²) in [6.07, 6.45) is 5.25. The van der Waals surface area contributed by atoms with E-state index in [1.54, 1.807) is 0 Å². The van der Waals surface area contributed by atoms with Gasteiger partial charge < -0.3 is 14.6 Å². The zero-order chi connectivity index (χ0) is 18.6. The molecule has 1 aliphatic carbocycles. The van der Waals surface area contributed by atoms with Crippen molar-refractivity contribution in [2.24, 2.45) is 5.92 Å². The molecular weight excluding hydrogens is 395 g/mol. The van der Waals surface area contributed by atoms with E-state index in [0.29, 0.717) is 12.3 Å². The van der Waals surface area contributed by atoms with Crippen molar-refractivity contribution < 1.29 is 29.0 Å². The number of benzene rings is 1. The minimum atomic E-state index is -1.84. The van der Waals surface area contributed by atoms with Crippen LogP contribution >= 0.6 is 34.8 Å². The van der Waals surface area contributed by atoms with Crippen molar-refractivity contribution in [1.29, 1.82) is 0 Å². The lowest BCUT2D eigenvalue weighted by Crippen LogP contribution is -2.21. The van der Waals surface area contributed by atoms with Crippen LogP contribution < -0.4 is 4.74 Å². The molecule has 0 saturated heterocycles. The number of esters is 2. The minimum Gasteiger partial charge on any atom is -0.473 e. The van der Waals surface area contributed by atoms with Crippen molar-refractivity contribution >= 4 is 52.7 Å². The van der Waals surface area contributed by atoms with Gasteiger partial charge in [0.15, 0.2) is 5.75 Å². The van der Waals surface area contributed by atoms with Crippen LogP contribution in [0.4, 0.5) is 0 Å². The maximum Gasteiger partial charge on any atom is 0.422 e. The van der Waals surface area contributed by atoms with E-state index in [0.717, 1.165) is 18.9 Å². The van der Waals surface area contributed by atoms with Crippen molar-refractivity contribution in [3.8, 4) is 5.75 Å². The van der Waals surface area contributed by atoms with Gasteiger partial charge in [0.05, 0.1) is 21.7 Å². The van der Waals surface area contributed by atoms with Gasteiger partial charge in [-0.3, -0.25) is 0 Å². The SMILES string of the molecule is O=C(O)C(=O)Oc1c(Cl)cc(Cl)c(Cl)c1C(=O)OCCC1CCCC1. The first kappa shape index (κ1) is 19.8. The number of hydrogen-bond acceptors (Lipinski definition) is 5. The van der Waals surface area contributed by atoms with Gasteiger partial charge in [0.2, 0.25) is 0 Å². The summed E-state index contributed by atoms with van der Waals surface area (Å²) in [4.78, 5) is 34.3. The summed E-state index contributed by atoms with van der Waals surface area (Å²) in [5.41, 5.74) is -0.375. The van der Waals surface area contributed by atoms with Crippen LogP contribution in [0.1, 0.15) is 42.5 Å². The number of ether oxygens (including phenoxy) is 2. The Kier molecular flexibility index (Phi) is 6.93. The Morgan fingerprint density at radius 1 is 1.12 bits per heavy atom. The average Bonchev–Trinajstić information content (AvgIpc) is 3.05. The van der Waals surface area contributed by atoms with E-state index in [-0.39, 0.29) is 27.2 Å². The number of carbonyl (C=O) groups is 3. The molecule has 1 aromatic rings. The van der Waals surface area contributed by atoms with Crippen molar-refractivity contribution in [3.05, 3.63) is 26.7 Å². The second-order valence-corrected chi connectivity index (χ2v) is 6.82. The summed E-state index contributed by atoms with van der Waals surface area (Å²) in [5, 5.41) is 8.14. The van der Waals surface area contributed by atoms with E-state index in [1.807, 2.05) is 0 Å². The second-order valence-electron chi connectivity index (χ2n) is 5.63. The monoisotopic (exact) mass is 408 g/mol.